The standard InChI is InChI=1S/C23H14BrNO4/c24-17-8-11-20-16(12-17)13-19(23(28)29-20)21(26)14-6-9-18(10-7-14)25-22(27)15-4-2-1-3-5-15/h1-13H,(H,25,27). The second kappa shape index (κ2) is 7.85. The van der Waals surface area contributed by atoms with Crippen LogP contribution in [-0.2, 0) is 0 Å². The molecule has 29 heavy (non-hydrogen) atoms. The van der Waals surface area contributed by atoms with Gasteiger partial charge in [0, 0.05) is 26.7 Å². The molecule has 3 aromatic carbocycles. The molecule has 0 aliphatic carbocycles. The van der Waals surface area contributed by atoms with Crippen molar-refractivity contribution in [3.05, 3.63) is 110 Å². The van der Waals surface area contributed by atoms with Crippen molar-refractivity contribution < 1.29 is 14.0 Å². The maximum Gasteiger partial charge on any atom is 0.347 e. The molecule has 1 aromatic heterocycles. The number of carbonyl (C=O) groups excluding carboxylic acids is 2. The van der Waals surface area contributed by atoms with Gasteiger partial charge in [0.1, 0.15) is 11.1 Å². The Morgan fingerprint density at radius 3 is 2.28 bits per heavy atom. The van der Waals surface area contributed by atoms with E-state index in [1.165, 1.54) is 6.07 Å². The molecular weight excluding hydrogens is 434 g/mol. The Bertz CT molecular complexity index is 1280. The zero-order chi connectivity index (χ0) is 20.4. The highest BCUT2D eigenvalue weighted by molar-refractivity contribution is 9.10. The fourth-order valence-corrected chi connectivity index (χ4v) is 3.28. The fourth-order valence-electron chi connectivity index (χ4n) is 2.91. The monoisotopic (exact) mass is 447 g/mol. The SMILES string of the molecule is O=C(Nc1ccc(C(=O)c2cc3cc(Br)ccc3oc2=O)cc1)c1ccccc1. The summed E-state index contributed by atoms with van der Waals surface area (Å²) in [5.74, 6) is -0.688. The molecule has 0 radical (unpaired) electrons. The summed E-state index contributed by atoms with van der Waals surface area (Å²) in [6.45, 7) is 0. The van der Waals surface area contributed by atoms with Crippen LogP contribution in [0.3, 0.4) is 0 Å². The summed E-state index contributed by atoms with van der Waals surface area (Å²) in [5, 5.41) is 3.42. The minimum absolute atomic E-state index is 0.0447. The molecule has 4 rings (SSSR count). The quantitative estimate of drug-likeness (QED) is 0.351. The van der Waals surface area contributed by atoms with Crippen LogP contribution in [0.5, 0.6) is 0 Å². The van der Waals surface area contributed by atoms with Crippen molar-refractivity contribution in [3.63, 3.8) is 0 Å². The molecule has 4 aromatic rings. The van der Waals surface area contributed by atoms with Gasteiger partial charge in [-0.15, -0.1) is 0 Å². The molecule has 0 bridgehead atoms. The van der Waals surface area contributed by atoms with E-state index in [1.54, 1.807) is 66.7 Å². The molecule has 0 fully saturated rings. The van der Waals surface area contributed by atoms with Crippen molar-refractivity contribution in [2.24, 2.45) is 0 Å². The molecule has 5 nitrogen and oxygen atoms in total. The molecule has 0 spiro atoms. The predicted octanol–water partition coefficient (Wildman–Crippen LogP) is 5.04. The van der Waals surface area contributed by atoms with E-state index in [2.05, 4.69) is 21.2 Å². The first kappa shape index (κ1) is 18.8. The number of hydrogen-bond donors (Lipinski definition) is 1. The number of rotatable bonds is 4. The average Bonchev–Trinajstić information content (AvgIpc) is 2.74. The van der Waals surface area contributed by atoms with Gasteiger partial charge in [-0.25, -0.2) is 4.79 Å². The highest BCUT2D eigenvalue weighted by atomic mass is 79.9. The number of fused-ring (bicyclic) bond motifs is 1. The van der Waals surface area contributed by atoms with E-state index in [9.17, 15) is 14.4 Å². The third-order valence-electron chi connectivity index (χ3n) is 4.38. The van der Waals surface area contributed by atoms with E-state index in [0.717, 1.165) is 4.47 Å². The van der Waals surface area contributed by atoms with Crippen molar-refractivity contribution in [2.75, 3.05) is 5.32 Å². The molecule has 6 heteroatoms. The first-order valence-electron chi connectivity index (χ1n) is 8.76. The highest BCUT2D eigenvalue weighted by Gasteiger charge is 2.16. The highest BCUT2D eigenvalue weighted by Crippen LogP contribution is 2.21. The number of benzene rings is 3. The topological polar surface area (TPSA) is 76.4 Å². The van der Waals surface area contributed by atoms with Crippen molar-refractivity contribution >= 4 is 44.3 Å². The minimum Gasteiger partial charge on any atom is -0.422 e. The Morgan fingerprint density at radius 2 is 1.55 bits per heavy atom. The summed E-state index contributed by atoms with van der Waals surface area (Å²) in [7, 11) is 0. The van der Waals surface area contributed by atoms with Crippen LogP contribution in [0.25, 0.3) is 11.0 Å². The largest absolute Gasteiger partial charge is 0.422 e. The molecule has 0 atom stereocenters. The van der Waals surface area contributed by atoms with Gasteiger partial charge in [0.05, 0.1) is 0 Å². The van der Waals surface area contributed by atoms with E-state index in [4.69, 9.17) is 4.42 Å². The second-order valence-corrected chi connectivity index (χ2v) is 7.27. The molecule has 0 saturated heterocycles. The third kappa shape index (κ3) is 4.02. The van der Waals surface area contributed by atoms with Gasteiger partial charge in [-0.3, -0.25) is 9.59 Å². The maximum atomic E-state index is 12.8. The van der Waals surface area contributed by atoms with Crippen molar-refractivity contribution in [3.8, 4) is 0 Å². The van der Waals surface area contributed by atoms with Gasteiger partial charge in [-0.05, 0) is 60.7 Å². The van der Waals surface area contributed by atoms with E-state index < -0.39 is 11.4 Å². The Balaban J connectivity index is 1.58. The molecule has 0 unspecified atom stereocenters. The zero-order valence-electron chi connectivity index (χ0n) is 15.0. The zero-order valence-corrected chi connectivity index (χ0v) is 16.6. The number of anilines is 1. The van der Waals surface area contributed by atoms with Crippen LogP contribution in [0, 0.1) is 0 Å². The minimum atomic E-state index is -0.689. The van der Waals surface area contributed by atoms with Crippen LogP contribution in [0.4, 0.5) is 5.69 Å². The predicted molar refractivity (Wildman–Crippen MR) is 114 cm³/mol. The maximum absolute atomic E-state index is 12.8. The molecule has 0 aliphatic rings. The van der Waals surface area contributed by atoms with Gasteiger partial charge in [0.15, 0.2) is 5.78 Å². The Kier molecular flexibility index (Phi) is 5.10. The Labute approximate surface area is 174 Å². The van der Waals surface area contributed by atoms with E-state index >= 15 is 0 Å². The number of carbonyl (C=O) groups is 2. The number of halogens is 1. The summed E-state index contributed by atoms with van der Waals surface area (Å²) in [5.41, 5.74) is 1.08. The van der Waals surface area contributed by atoms with Crippen molar-refractivity contribution in [1.29, 1.82) is 0 Å². The van der Waals surface area contributed by atoms with Gasteiger partial charge in [-0.2, -0.15) is 0 Å². The van der Waals surface area contributed by atoms with Gasteiger partial charge < -0.3 is 9.73 Å². The van der Waals surface area contributed by atoms with Gasteiger partial charge in [0.2, 0.25) is 0 Å². The first-order valence-corrected chi connectivity index (χ1v) is 9.55. The fraction of sp³-hybridized carbons (Fsp3) is 0. The number of amides is 1. The van der Waals surface area contributed by atoms with Crippen LogP contribution in [-0.4, -0.2) is 11.7 Å². The first-order chi connectivity index (χ1) is 14.0. The number of ketones is 1. The number of hydrogen-bond acceptors (Lipinski definition) is 4. The number of nitrogens with one attached hydrogen (secondary N) is 1. The molecule has 0 aliphatic heterocycles. The smallest absolute Gasteiger partial charge is 0.347 e. The van der Waals surface area contributed by atoms with E-state index in [0.29, 0.717) is 27.8 Å². The van der Waals surface area contributed by atoms with Crippen LogP contribution < -0.4 is 10.9 Å². The molecule has 0 saturated carbocycles. The average molecular weight is 448 g/mol. The van der Waals surface area contributed by atoms with Gasteiger partial charge >= 0.3 is 5.63 Å². The molecule has 1 N–H and O–H groups in total. The normalized spacial score (nSPS) is 10.7. The Hall–Kier alpha value is -3.51. The van der Waals surface area contributed by atoms with Crippen molar-refractivity contribution in [2.45, 2.75) is 0 Å². The summed E-state index contributed by atoms with van der Waals surface area (Å²) in [4.78, 5) is 37.3. The lowest BCUT2D eigenvalue weighted by Crippen LogP contribution is -2.15. The third-order valence-corrected chi connectivity index (χ3v) is 4.87. The molecule has 1 heterocycles. The van der Waals surface area contributed by atoms with Gasteiger partial charge in [0.25, 0.3) is 5.91 Å². The lowest BCUT2D eigenvalue weighted by molar-refractivity contribution is 0.102. The molecular formula is C23H14BrNO4. The van der Waals surface area contributed by atoms with E-state index in [1.807, 2.05) is 6.07 Å². The lowest BCUT2D eigenvalue weighted by Gasteiger charge is -2.07. The molecule has 142 valence electrons. The van der Waals surface area contributed by atoms with Crippen LogP contribution in [0.15, 0.2) is 92.5 Å². The lowest BCUT2D eigenvalue weighted by atomic mass is 10.0. The van der Waals surface area contributed by atoms with Crippen LogP contribution >= 0.6 is 15.9 Å². The summed E-state index contributed by atoms with van der Waals surface area (Å²) >= 11 is 3.36. The second-order valence-electron chi connectivity index (χ2n) is 6.36. The summed E-state index contributed by atoms with van der Waals surface area (Å²) < 4.78 is 6.08. The Morgan fingerprint density at radius 1 is 0.828 bits per heavy atom. The summed E-state index contributed by atoms with van der Waals surface area (Å²) in [6, 6.07) is 21.9. The van der Waals surface area contributed by atoms with Crippen molar-refractivity contribution in [1.82, 2.24) is 0 Å². The van der Waals surface area contributed by atoms with E-state index in [-0.39, 0.29) is 11.5 Å². The van der Waals surface area contributed by atoms with Gasteiger partial charge in [-0.1, -0.05) is 34.1 Å². The molecule has 1 amide bonds. The van der Waals surface area contributed by atoms with Crippen LogP contribution in [0.1, 0.15) is 26.3 Å². The van der Waals surface area contributed by atoms with Crippen LogP contribution in [0.2, 0.25) is 0 Å². The summed E-state index contributed by atoms with van der Waals surface area (Å²) in [6.07, 6.45) is 0.